The van der Waals surface area contributed by atoms with Crippen molar-refractivity contribution < 1.29 is 0 Å². The van der Waals surface area contributed by atoms with E-state index in [4.69, 9.17) is 15.0 Å². The summed E-state index contributed by atoms with van der Waals surface area (Å²) < 4.78 is 0. The summed E-state index contributed by atoms with van der Waals surface area (Å²) in [6.07, 6.45) is 9.69. The molecule has 0 N–H and O–H groups in total. The summed E-state index contributed by atoms with van der Waals surface area (Å²) in [4.78, 5) is 19.3. The predicted octanol–water partition coefficient (Wildman–Crippen LogP) is 13.5. The highest BCUT2D eigenvalue weighted by Crippen LogP contribution is 2.58. The molecule has 2 aliphatic rings. The topological polar surface area (TPSA) is 75.3 Å². The zero-order valence-electron chi connectivity index (χ0n) is 33.0. The normalized spacial score (nSPS) is 13.8. The molecule has 1 saturated carbocycles. The van der Waals surface area contributed by atoms with E-state index in [0.29, 0.717) is 23.0 Å². The quantitative estimate of drug-likeness (QED) is 0.168. The molecule has 0 unspecified atom stereocenters. The average Bonchev–Trinajstić information content (AvgIpc) is 3.59. The van der Waals surface area contributed by atoms with E-state index in [1.54, 1.807) is 6.20 Å². The van der Waals surface area contributed by atoms with Crippen LogP contribution in [0.3, 0.4) is 0 Å². The van der Waals surface area contributed by atoms with Gasteiger partial charge in [-0.2, -0.15) is 5.26 Å². The Labute approximate surface area is 349 Å². The maximum absolute atomic E-state index is 9.97. The number of hydrogen-bond donors (Lipinski definition) is 0. The summed E-state index contributed by atoms with van der Waals surface area (Å²) in [5.41, 5.74) is 15.7. The first-order valence-electron chi connectivity index (χ1n) is 20.8. The van der Waals surface area contributed by atoms with Gasteiger partial charge in [-0.1, -0.05) is 165 Å². The molecular weight excluding hydrogens is 731 g/mol. The number of hydrogen-bond acceptors (Lipinski definition) is 5. The second-order valence-corrected chi connectivity index (χ2v) is 16.0. The third-order valence-electron chi connectivity index (χ3n) is 12.7. The molecule has 0 saturated heterocycles. The van der Waals surface area contributed by atoms with Gasteiger partial charge in [0.15, 0.2) is 17.5 Å². The van der Waals surface area contributed by atoms with Crippen molar-refractivity contribution in [2.45, 2.75) is 37.5 Å². The van der Waals surface area contributed by atoms with Crippen LogP contribution in [0.15, 0.2) is 176 Å². The molecule has 0 radical (unpaired) electrons. The highest BCUT2D eigenvalue weighted by atomic mass is 15.0. The van der Waals surface area contributed by atoms with E-state index >= 15 is 0 Å². The number of rotatable bonds is 6. The predicted molar refractivity (Wildman–Crippen MR) is 242 cm³/mol. The van der Waals surface area contributed by atoms with Gasteiger partial charge in [-0.3, -0.25) is 4.98 Å². The largest absolute Gasteiger partial charge is 0.264 e. The number of pyridine rings is 1. The van der Waals surface area contributed by atoms with Gasteiger partial charge in [0.25, 0.3) is 0 Å². The van der Waals surface area contributed by atoms with Crippen LogP contribution < -0.4 is 0 Å². The first kappa shape index (κ1) is 35.6. The molecule has 1 fully saturated rings. The van der Waals surface area contributed by atoms with Crippen LogP contribution in [0.4, 0.5) is 0 Å². The number of nitrogens with zero attached hydrogens (tertiary/aromatic N) is 5. The van der Waals surface area contributed by atoms with Crippen LogP contribution >= 0.6 is 0 Å². The fourth-order valence-electron chi connectivity index (χ4n) is 9.82. The third-order valence-corrected chi connectivity index (χ3v) is 12.7. The monoisotopic (exact) mass is 769 g/mol. The molecule has 2 aromatic heterocycles. The van der Waals surface area contributed by atoms with E-state index in [1.165, 1.54) is 69.0 Å². The Morgan fingerprint density at radius 3 is 1.70 bits per heavy atom. The van der Waals surface area contributed by atoms with Crippen molar-refractivity contribution >= 4 is 10.8 Å². The molecule has 0 bridgehead atoms. The minimum absolute atomic E-state index is 0.0104. The van der Waals surface area contributed by atoms with Crippen LogP contribution in [0.2, 0.25) is 0 Å². The lowest BCUT2D eigenvalue weighted by Crippen LogP contribution is -2.28. The minimum atomic E-state index is 0.0104. The van der Waals surface area contributed by atoms with E-state index in [9.17, 15) is 5.26 Å². The maximum Gasteiger partial charge on any atom is 0.164 e. The van der Waals surface area contributed by atoms with Gasteiger partial charge >= 0.3 is 0 Å². The summed E-state index contributed by atoms with van der Waals surface area (Å²) in [6.45, 7) is 0. The zero-order chi connectivity index (χ0) is 40.0. The van der Waals surface area contributed by atoms with E-state index in [-0.39, 0.29) is 5.41 Å². The lowest BCUT2D eigenvalue weighted by Gasteiger charge is -2.36. The first-order chi connectivity index (χ1) is 29.7. The Morgan fingerprint density at radius 2 is 1.03 bits per heavy atom. The number of nitriles is 1. The standard InChI is InChI=1S/C55H39N5/c56-34-36-18-29-49-48(33-36)51-47(16-9-17-50(51)55(49)30-7-2-8-31-55)46-28-27-43(44-14-5-6-15-45(44)46)38-21-25-41(26-22-38)54-59-52(39-11-3-1-4-12-39)58-53(60-54)40-23-19-37(20-24-40)42-13-10-32-57-35-42/h1,3-6,9-29,32-33,35H,2,7-8,30-31H2. The number of benzene rings is 7. The van der Waals surface area contributed by atoms with Crippen LogP contribution in [0.5, 0.6) is 0 Å². The second kappa shape index (κ2) is 14.7. The fraction of sp³-hybridized carbons (Fsp3) is 0.109. The Bertz CT molecular complexity index is 3110. The summed E-state index contributed by atoms with van der Waals surface area (Å²) in [7, 11) is 0. The molecule has 284 valence electrons. The van der Waals surface area contributed by atoms with E-state index < -0.39 is 0 Å². The molecular formula is C55H39N5. The Morgan fingerprint density at radius 1 is 0.433 bits per heavy atom. The molecule has 0 atom stereocenters. The van der Waals surface area contributed by atoms with Gasteiger partial charge in [0.05, 0.1) is 11.6 Å². The van der Waals surface area contributed by atoms with Crippen LogP contribution in [0.1, 0.15) is 48.8 Å². The fourth-order valence-corrected chi connectivity index (χ4v) is 9.82. The van der Waals surface area contributed by atoms with Crippen molar-refractivity contribution in [1.82, 2.24) is 19.9 Å². The molecule has 0 amide bonds. The van der Waals surface area contributed by atoms with Gasteiger partial charge in [-0.25, -0.2) is 15.0 Å². The summed E-state index contributed by atoms with van der Waals surface area (Å²) in [6, 6.07) is 60.0. The Kier molecular flexibility index (Phi) is 8.71. The van der Waals surface area contributed by atoms with Crippen molar-refractivity contribution in [3.63, 3.8) is 0 Å². The third kappa shape index (κ3) is 6.00. The lowest BCUT2D eigenvalue weighted by molar-refractivity contribution is 0.353. The summed E-state index contributed by atoms with van der Waals surface area (Å²) >= 11 is 0. The smallest absolute Gasteiger partial charge is 0.164 e. The maximum atomic E-state index is 9.97. The molecule has 0 aliphatic heterocycles. The van der Waals surface area contributed by atoms with Gasteiger partial charge in [0.2, 0.25) is 0 Å². The minimum Gasteiger partial charge on any atom is -0.264 e. The van der Waals surface area contributed by atoms with E-state index in [1.807, 2.05) is 48.7 Å². The van der Waals surface area contributed by atoms with E-state index in [0.717, 1.165) is 46.2 Å². The van der Waals surface area contributed by atoms with Crippen molar-refractivity contribution in [2.75, 3.05) is 0 Å². The van der Waals surface area contributed by atoms with Gasteiger partial charge in [0.1, 0.15) is 0 Å². The van der Waals surface area contributed by atoms with Gasteiger partial charge < -0.3 is 0 Å². The highest BCUT2D eigenvalue weighted by molar-refractivity contribution is 6.08. The van der Waals surface area contributed by atoms with Crippen molar-refractivity contribution in [3.8, 4) is 84.7 Å². The SMILES string of the molecule is N#Cc1ccc2c(c1)-c1c(-c3ccc(-c4ccc(-c5nc(-c6ccccc6)nc(-c6ccc(-c7cccnc7)cc6)n5)cc4)c4ccccc34)cccc1C21CCCCC1. The molecule has 11 rings (SSSR count). The van der Waals surface area contributed by atoms with Crippen molar-refractivity contribution in [1.29, 1.82) is 5.26 Å². The molecule has 9 aromatic rings. The summed E-state index contributed by atoms with van der Waals surface area (Å²) in [5, 5.41) is 12.4. The van der Waals surface area contributed by atoms with E-state index in [2.05, 4.69) is 132 Å². The van der Waals surface area contributed by atoms with Crippen LogP contribution in [0, 0.1) is 11.3 Å². The zero-order valence-corrected chi connectivity index (χ0v) is 33.0. The second-order valence-electron chi connectivity index (χ2n) is 16.0. The van der Waals surface area contributed by atoms with Gasteiger partial charge in [-0.15, -0.1) is 0 Å². The molecule has 2 aliphatic carbocycles. The average molecular weight is 770 g/mol. The lowest BCUT2D eigenvalue weighted by atomic mass is 9.67. The van der Waals surface area contributed by atoms with Gasteiger partial charge in [-0.05, 0) is 97.4 Å². The molecule has 5 nitrogen and oxygen atoms in total. The number of aromatic nitrogens is 4. The molecule has 60 heavy (non-hydrogen) atoms. The number of fused-ring (bicyclic) bond motifs is 6. The van der Waals surface area contributed by atoms with Crippen molar-refractivity contribution in [2.24, 2.45) is 0 Å². The van der Waals surface area contributed by atoms with Gasteiger partial charge in [0, 0.05) is 34.5 Å². The molecule has 7 aromatic carbocycles. The highest BCUT2D eigenvalue weighted by Gasteiger charge is 2.44. The molecule has 2 heterocycles. The molecule has 5 heteroatoms. The molecule has 1 spiro atoms. The van der Waals surface area contributed by atoms with Crippen LogP contribution in [0.25, 0.3) is 89.4 Å². The Hall–Kier alpha value is -7.55. The Balaban J connectivity index is 0.984. The first-order valence-corrected chi connectivity index (χ1v) is 20.8. The summed E-state index contributed by atoms with van der Waals surface area (Å²) in [5.74, 6) is 1.87. The van der Waals surface area contributed by atoms with Crippen LogP contribution in [-0.4, -0.2) is 19.9 Å². The van der Waals surface area contributed by atoms with Crippen LogP contribution in [-0.2, 0) is 5.41 Å². The van der Waals surface area contributed by atoms with Crippen molar-refractivity contribution in [3.05, 3.63) is 193 Å².